The molecule has 1 fully saturated rings. The van der Waals surface area contributed by atoms with Gasteiger partial charge in [-0.1, -0.05) is 0 Å². The molecule has 22 heavy (non-hydrogen) atoms. The maximum atomic E-state index is 12.6. The van der Waals surface area contributed by atoms with Crippen molar-refractivity contribution in [1.82, 2.24) is 15.2 Å². The monoisotopic (exact) mass is 305 g/mol. The van der Waals surface area contributed by atoms with Crippen LogP contribution in [0.25, 0.3) is 0 Å². The van der Waals surface area contributed by atoms with Gasteiger partial charge in [0.25, 0.3) is 5.91 Å². The van der Waals surface area contributed by atoms with Gasteiger partial charge in [0.15, 0.2) is 0 Å². The average molecular weight is 305 g/mol. The van der Waals surface area contributed by atoms with E-state index in [2.05, 4.69) is 10.3 Å². The SMILES string of the molecule is CCOc1ncccc1C(=O)N1CCC(CNC(C)=O)CC1. The van der Waals surface area contributed by atoms with Crippen LogP contribution in [-0.2, 0) is 4.79 Å². The van der Waals surface area contributed by atoms with Crippen LogP contribution in [0, 0.1) is 5.92 Å². The summed E-state index contributed by atoms with van der Waals surface area (Å²) < 4.78 is 5.43. The summed E-state index contributed by atoms with van der Waals surface area (Å²) in [6, 6.07) is 3.50. The molecule has 1 aliphatic rings. The highest BCUT2D eigenvalue weighted by molar-refractivity contribution is 5.96. The van der Waals surface area contributed by atoms with Crippen molar-refractivity contribution in [2.24, 2.45) is 5.92 Å². The first-order valence-electron chi connectivity index (χ1n) is 7.73. The Hall–Kier alpha value is -2.11. The Labute approximate surface area is 130 Å². The molecule has 1 aliphatic heterocycles. The normalized spacial score (nSPS) is 15.5. The predicted molar refractivity (Wildman–Crippen MR) is 82.7 cm³/mol. The quantitative estimate of drug-likeness (QED) is 0.894. The van der Waals surface area contributed by atoms with Gasteiger partial charge in [0.2, 0.25) is 11.8 Å². The van der Waals surface area contributed by atoms with Crippen LogP contribution in [0.5, 0.6) is 5.88 Å². The topological polar surface area (TPSA) is 71.5 Å². The number of nitrogens with zero attached hydrogens (tertiary/aromatic N) is 2. The number of ether oxygens (including phenoxy) is 1. The number of likely N-dealkylation sites (tertiary alicyclic amines) is 1. The van der Waals surface area contributed by atoms with Crippen molar-refractivity contribution < 1.29 is 14.3 Å². The first-order chi connectivity index (χ1) is 10.6. The number of carbonyl (C=O) groups is 2. The second-order valence-corrected chi connectivity index (χ2v) is 5.46. The summed E-state index contributed by atoms with van der Waals surface area (Å²) in [6.45, 7) is 5.96. The van der Waals surface area contributed by atoms with Crippen LogP contribution in [0.1, 0.15) is 37.0 Å². The van der Waals surface area contributed by atoms with Gasteiger partial charge in [-0.05, 0) is 37.8 Å². The minimum atomic E-state index is -0.0328. The number of amides is 2. The molecule has 0 unspecified atom stereocenters. The summed E-state index contributed by atoms with van der Waals surface area (Å²) in [5, 5.41) is 2.84. The maximum Gasteiger partial charge on any atom is 0.259 e. The van der Waals surface area contributed by atoms with E-state index in [0.29, 0.717) is 43.6 Å². The fraction of sp³-hybridized carbons (Fsp3) is 0.562. The van der Waals surface area contributed by atoms with Gasteiger partial charge in [-0.3, -0.25) is 9.59 Å². The number of hydrogen-bond acceptors (Lipinski definition) is 4. The van der Waals surface area contributed by atoms with Gasteiger partial charge in [-0.2, -0.15) is 0 Å². The van der Waals surface area contributed by atoms with Crippen molar-refractivity contribution in [3.63, 3.8) is 0 Å². The van der Waals surface area contributed by atoms with E-state index in [1.165, 1.54) is 6.92 Å². The second-order valence-electron chi connectivity index (χ2n) is 5.46. The molecule has 2 rings (SSSR count). The summed E-state index contributed by atoms with van der Waals surface area (Å²) in [5.41, 5.74) is 0.518. The van der Waals surface area contributed by atoms with Gasteiger partial charge in [0, 0.05) is 32.8 Å². The lowest BCUT2D eigenvalue weighted by Crippen LogP contribution is -2.41. The van der Waals surface area contributed by atoms with Gasteiger partial charge in [0.05, 0.1) is 6.61 Å². The van der Waals surface area contributed by atoms with Crippen molar-refractivity contribution >= 4 is 11.8 Å². The molecule has 0 radical (unpaired) electrons. The van der Waals surface area contributed by atoms with Crippen LogP contribution in [0.4, 0.5) is 0 Å². The highest BCUT2D eigenvalue weighted by Crippen LogP contribution is 2.22. The summed E-state index contributed by atoms with van der Waals surface area (Å²) in [6.07, 6.45) is 3.42. The van der Waals surface area contributed by atoms with Crippen LogP contribution < -0.4 is 10.1 Å². The number of piperidine rings is 1. The molecule has 1 N–H and O–H groups in total. The first kappa shape index (κ1) is 16.3. The Kier molecular flexibility index (Phi) is 5.75. The molecule has 6 heteroatoms. The number of aromatic nitrogens is 1. The van der Waals surface area contributed by atoms with E-state index >= 15 is 0 Å². The lowest BCUT2D eigenvalue weighted by molar-refractivity contribution is -0.119. The van der Waals surface area contributed by atoms with Gasteiger partial charge >= 0.3 is 0 Å². The molecule has 0 aromatic carbocycles. The smallest absolute Gasteiger partial charge is 0.259 e. The molecule has 120 valence electrons. The van der Waals surface area contributed by atoms with Crippen molar-refractivity contribution in [3.8, 4) is 5.88 Å². The van der Waals surface area contributed by atoms with Crippen LogP contribution in [0.2, 0.25) is 0 Å². The number of pyridine rings is 1. The van der Waals surface area contributed by atoms with E-state index in [1.54, 1.807) is 18.3 Å². The van der Waals surface area contributed by atoms with Crippen LogP contribution >= 0.6 is 0 Å². The molecule has 0 saturated carbocycles. The zero-order chi connectivity index (χ0) is 15.9. The van der Waals surface area contributed by atoms with Crippen molar-refractivity contribution in [1.29, 1.82) is 0 Å². The molecule has 1 aromatic heterocycles. The molecule has 0 spiro atoms. The average Bonchev–Trinajstić information content (AvgIpc) is 2.53. The zero-order valence-corrected chi connectivity index (χ0v) is 13.2. The van der Waals surface area contributed by atoms with E-state index in [9.17, 15) is 9.59 Å². The van der Waals surface area contributed by atoms with Crippen LogP contribution in [-0.4, -0.2) is 47.9 Å². The summed E-state index contributed by atoms with van der Waals surface area (Å²) in [7, 11) is 0. The van der Waals surface area contributed by atoms with Crippen LogP contribution in [0.3, 0.4) is 0 Å². The van der Waals surface area contributed by atoms with Gasteiger partial charge < -0.3 is 15.0 Å². The maximum absolute atomic E-state index is 12.6. The fourth-order valence-electron chi connectivity index (χ4n) is 2.60. The molecule has 6 nitrogen and oxygen atoms in total. The summed E-state index contributed by atoms with van der Waals surface area (Å²) in [5.74, 6) is 0.799. The number of rotatable bonds is 5. The lowest BCUT2D eigenvalue weighted by Gasteiger charge is -2.32. The zero-order valence-electron chi connectivity index (χ0n) is 13.2. The van der Waals surface area contributed by atoms with Crippen LogP contribution in [0.15, 0.2) is 18.3 Å². The molecular weight excluding hydrogens is 282 g/mol. The number of nitrogens with one attached hydrogen (secondary N) is 1. The second kappa shape index (κ2) is 7.77. The fourth-order valence-corrected chi connectivity index (χ4v) is 2.60. The molecule has 2 heterocycles. The Bertz CT molecular complexity index is 525. The summed E-state index contributed by atoms with van der Waals surface area (Å²) >= 11 is 0. The van der Waals surface area contributed by atoms with Crippen molar-refractivity contribution in [2.45, 2.75) is 26.7 Å². The predicted octanol–water partition coefficient (Wildman–Crippen LogP) is 1.47. The Morgan fingerprint density at radius 2 is 2.14 bits per heavy atom. The van der Waals surface area contributed by atoms with Crippen molar-refractivity contribution in [3.05, 3.63) is 23.9 Å². The molecule has 1 aromatic rings. The third-order valence-electron chi connectivity index (χ3n) is 3.82. The molecular formula is C16H23N3O3. The largest absolute Gasteiger partial charge is 0.477 e. The van der Waals surface area contributed by atoms with E-state index in [-0.39, 0.29) is 11.8 Å². The van der Waals surface area contributed by atoms with Crippen molar-refractivity contribution in [2.75, 3.05) is 26.2 Å². The van der Waals surface area contributed by atoms with E-state index < -0.39 is 0 Å². The Balaban J connectivity index is 1.94. The number of hydrogen-bond donors (Lipinski definition) is 1. The van der Waals surface area contributed by atoms with Gasteiger partial charge in [0.1, 0.15) is 5.56 Å². The van der Waals surface area contributed by atoms with Gasteiger partial charge in [-0.25, -0.2) is 4.98 Å². The highest BCUT2D eigenvalue weighted by atomic mass is 16.5. The van der Waals surface area contributed by atoms with Gasteiger partial charge in [-0.15, -0.1) is 0 Å². The highest BCUT2D eigenvalue weighted by Gasteiger charge is 2.25. The molecule has 0 atom stereocenters. The number of carbonyl (C=O) groups excluding carboxylic acids is 2. The molecule has 0 aliphatic carbocycles. The first-order valence-corrected chi connectivity index (χ1v) is 7.73. The summed E-state index contributed by atoms with van der Waals surface area (Å²) in [4.78, 5) is 29.5. The molecule has 2 amide bonds. The van der Waals surface area contributed by atoms with E-state index in [0.717, 1.165) is 12.8 Å². The Morgan fingerprint density at radius 3 is 2.77 bits per heavy atom. The molecule has 0 bridgehead atoms. The third kappa shape index (κ3) is 4.19. The minimum Gasteiger partial charge on any atom is -0.477 e. The van der Waals surface area contributed by atoms with E-state index in [1.807, 2.05) is 11.8 Å². The minimum absolute atomic E-state index is 0.00442. The third-order valence-corrected chi connectivity index (χ3v) is 3.82. The van der Waals surface area contributed by atoms with E-state index in [4.69, 9.17) is 4.74 Å². The Morgan fingerprint density at radius 1 is 1.41 bits per heavy atom. The lowest BCUT2D eigenvalue weighted by atomic mass is 9.96. The standard InChI is InChI=1S/C16H23N3O3/c1-3-22-15-14(5-4-8-17-15)16(21)19-9-6-13(7-10-19)11-18-12(2)20/h4-5,8,13H,3,6-7,9-11H2,1-2H3,(H,18,20). The molecule has 1 saturated heterocycles.